The second-order valence-electron chi connectivity index (χ2n) is 13.8. The van der Waals surface area contributed by atoms with Crippen molar-refractivity contribution in [3.8, 4) is 0 Å². The van der Waals surface area contributed by atoms with Gasteiger partial charge in [-0.15, -0.1) is 0 Å². The Labute approximate surface area is 354 Å². The summed E-state index contributed by atoms with van der Waals surface area (Å²) in [6.45, 7) is -0.490. The smallest absolute Gasteiger partial charge is 0.350 e. The highest BCUT2D eigenvalue weighted by Crippen LogP contribution is 2.66. The SMILES string of the molecule is CC(OC/C=C/c1ccccc1)OC(CCC(F)(F)C(F)(F)C(F)(F)C(F)(F)C(F)(F)C(F)(F)C(F)(F)C(F)(F)F)CCC(F)(F)C(F)(F)C(F)(F)C(F)(F)C(F)(F)C(F)(F)C(F)(F)C(F)(F)F. The predicted octanol–water partition coefficient (Wildman–Crippen LogP) is 15.0. The highest BCUT2D eigenvalue weighted by Gasteiger charge is 2.97. The second kappa shape index (κ2) is 18.6. The Morgan fingerprint density at radius 2 is 0.647 bits per heavy atom. The molecule has 0 aromatic heterocycles. The molecule has 0 N–H and O–H groups in total. The molecule has 0 saturated carbocycles. The van der Waals surface area contributed by atoms with Crippen molar-refractivity contribution in [3.05, 3.63) is 42.0 Å². The summed E-state index contributed by atoms with van der Waals surface area (Å²) in [4.78, 5) is 0. The first-order valence-electron chi connectivity index (χ1n) is 17.0. The van der Waals surface area contributed by atoms with E-state index >= 15 is 0 Å². The number of alkyl halides is 34. The van der Waals surface area contributed by atoms with E-state index in [9.17, 15) is 149 Å². The van der Waals surface area contributed by atoms with Crippen LogP contribution in [-0.2, 0) is 9.47 Å². The summed E-state index contributed by atoms with van der Waals surface area (Å²) < 4.78 is 474. The van der Waals surface area contributed by atoms with Crippen molar-refractivity contribution in [1.29, 1.82) is 0 Å². The first-order valence-corrected chi connectivity index (χ1v) is 17.0. The number of hydrogen-bond acceptors (Lipinski definition) is 2. The molecule has 0 aliphatic carbocycles. The molecule has 0 spiro atoms. The number of rotatable bonds is 24. The third-order valence-corrected chi connectivity index (χ3v) is 9.06. The van der Waals surface area contributed by atoms with Crippen LogP contribution < -0.4 is 0 Å². The molecular weight excluding hydrogens is 1060 g/mol. The Bertz CT molecular complexity index is 1740. The normalized spacial score (nSPS) is 16.6. The summed E-state index contributed by atoms with van der Waals surface area (Å²) in [6, 6.07) is 6.94. The van der Waals surface area contributed by atoms with E-state index in [-0.39, 0.29) is 0 Å². The van der Waals surface area contributed by atoms with Gasteiger partial charge >= 0.3 is 95.3 Å². The van der Waals surface area contributed by atoms with E-state index in [1.54, 1.807) is 0 Å². The lowest BCUT2D eigenvalue weighted by Gasteiger charge is -2.43. The fraction of sp³-hybridized carbons (Fsp3) is 0.750. The zero-order valence-corrected chi connectivity index (χ0v) is 31.9. The summed E-state index contributed by atoms with van der Waals surface area (Å²) in [6.07, 6.45) is -32.8. The molecule has 1 aromatic rings. The van der Waals surface area contributed by atoms with Crippen molar-refractivity contribution in [2.75, 3.05) is 6.61 Å². The maximum absolute atomic E-state index is 14.6. The zero-order chi connectivity index (χ0) is 54.6. The van der Waals surface area contributed by atoms with Gasteiger partial charge in [0.15, 0.2) is 6.29 Å². The first kappa shape index (κ1) is 62.5. The molecular formula is C32H22F34O2. The van der Waals surface area contributed by atoms with Gasteiger partial charge in [-0.05, 0) is 25.3 Å². The molecule has 68 heavy (non-hydrogen) atoms. The third-order valence-electron chi connectivity index (χ3n) is 9.06. The molecule has 1 atom stereocenters. The lowest BCUT2D eigenvalue weighted by molar-refractivity contribution is -0.462. The molecule has 1 aromatic carbocycles. The van der Waals surface area contributed by atoms with Gasteiger partial charge in [0.1, 0.15) is 0 Å². The average molecular weight is 1080 g/mol. The molecule has 400 valence electrons. The average Bonchev–Trinajstić information content (AvgIpc) is 3.16. The van der Waals surface area contributed by atoms with Gasteiger partial charge in [-0.2, -0.15) is 149 Å². The van der Waals surface area contributed by atoms with Crippen LogP contribution >= 0.6 is 0 Å². The second-order valence-corrected chi connectivity index (χ2v) is 13.8. The number of hydrogen-bond donors (Lipinski definition) is 0. The van der Waals surface area contributed by atoms with Gasteiger partial charge in [-0.25, -0.2) is 0 Å². The summed E-state index contributed by atoms with van der Waals surface area (Å²) in [5.41, 5.74) is 0.296. The molecule has 0 amide bonds. The van der Waals surface area contributed by atoms with Gasteiger partial charge in [0.05, 0.1) is 12.7 Å². The van der Waals surface area contributed by atoms with Crippen molar-refractivity contribution in [2.24, 2.45) is 0 Å². The van der Waals surface area contributed by atoms with E-state index < -0.39 is 140 Å². The van der Waals surface area contributed by atoms with Crippen molar-refractivity contribution in [1.82, 2.24) is 0 Å². The van der Waals surface area contributed by atoms with Crippen LogP contribution in [0.25, 0.3) is 6.08 Å². The van der Waals surface area contributed by atoms with Crippen LogP contribution in [0.1, 0.15) is 38.2 Å². The molecule has 0 aliphatic heterocycles. The van der Waals surface area contributed by atoms with Crippen LogP contribution in [-0.4, -0.2) is 114 Å². The molecule has 0 fully saturated rings. The summed E-state index contributed by atoms with van der Waals surface area (Å²) in [5, 5.41) is 0. The van der Waals surface area contributed by atoms with Crippen LogP contribution in [0.5, 0.6) is 0 Å². The molecule has 0 saturated heterocycles. The van der Waals surface area contributed by atoms with E-state index in [0.29, 0.717) is 12.5 Å². The third kappa shape index (κ3) is 10.0. The van der Waals surface area contributed by atoms with Gasteiger partial charge in [0.2, 0.25) is 0 Å². The zero-order valence-electron chi connectivity index (χ0n) is 31.9. The van der Waals surface area contributed by atoms with Crippen LogP contribution in [0.3, 0.4) is 0 Å². The molecule has 1 unspecified atom stereocenters. The van der Waals surface area contributed by atoms with Gasteiger partial charge in [-0.3, -0.25) is 0 Å². The predicted molar refractivity (Wildman–Crippen MR) is 156 cm³/mol. The summed E-state index contributed by atoms with van der Waals surface area (Å²) >= 11 is 0. The fourth-order valence-electron chi connectivity index (χ4n) is 4.92. The Morgan fingerprint density at radius 3 is 0.926 bits per heavy atom. The van der Waals surface area contributed by atoms with Crippen molar-refractivity contribution in [3.63, 3.8) is 0 Å². The quantitative estimate of drug-likeness (QED) is 0.0759. The van der Waals surface area contributed by atoms with Gasteiger partial charge in [0.25, 0.3) is 0 Å². The minimum atomic E-state index is -9.15. The topological polar surface area (TPSA) is 18.5 Å². The highest BCUT2D eigenvalue weighted by molar-refractivity contribution is 5.48. The Kier molecular flexibility index (Phi) is 17.1. The first-order chi connectivity index (χ1) is 29.6. The van der Waals surface area contributed by atoms with Crippen LogP contribution in [0.15, 0.2) is 36.4 Å². The van der Waals surface area contributed by atoms with E-state index in [2.05, 4.69) is 4.74 Å². The number of ether oxygens (including phenoxy) is 2. The van der Waals surface area contributed by atoms with Crippen molar-refractivity contribution < 1.29 is 159 Å². The molecule has 0 bridgehead atoms. The highest BCUT2D eigenvalue weighted by atomic mass is 19.4. The van der Waals surface area contributed by atoms with Crippen molar-refractivity contribution >= 4 is 6.08 Å². The maximum Gasteiger partial charge on any atom is 0.460 e. The lowest BCUT2D eigenvalue weighted by Crippen LogP contribution is -2.74. The number of halogens is 34. The van der Waals surface area contributed by atoms with Crippen molar-refractivity contribution in [2.45, 2.75) is 140 Å². The van der Waals surface area contributed by atoms with E-state index in [1.165, 1.54) is 30.3 Å². The fourth-order valence-corrected chi connectivity index (χ4v) is 4.92. The Balaban J connectivity index is 3.76. The van der Waals surface area contributed by atoms with Crippen LogP contribution in [0.4, 0.5) is 149 Å². The monoisotopic (exact) mass is 1080 g/mol. The van der Waals surface area contributed by atoms with Gasteiger partial charge in [-0.1, -0.05) is 42.5 Å². The van der Waals surface area contributed by atoms with Gasteiger partial charge in [0, 0.05) is 12.8 Å². The molecule has 0 radical (unpaired) electrons. The van der Waals surface area contributed by atoms with Gasteiger partial charge < -0.3 is 9.47 Å². The maximum atomic E-state index is 14.6. The summed E-state index contributed by atoms with van der Waals surface area (Å²) in [5.74, 6) is -121. The Hall–Kier alpha value is -3.50. The molecule has 0 aliphatic rings. The lowest BCUT2D eigenvalue weighted by atomic mass is 9.86. The minimum Gasteiger partial charge on any atom is -0.350 e. The summed E-state index contributed by atoms with van der Waals surface area (Å²) in [7, 11) is 0. The molecule has 36 heteroatoms. The van der Waals surface area contributed by atoms with E-state index in [0.717, 1.165) is 12.2 Å². The standard InChI is InChI=1S/C32H22F34O2/c1-14(67-13-5-8-15-6-3-2-4-7-15)68-16(9-11-17(33,34)19(37,38)21(41,42)23(45,46)25(49,50)27(53,54)29(57,58)31(61,62)63)10-12-18(35,36)20(39,40)22(43,44)24(47,48)26(51,52)28(55,56)30(59,60)32(64,65)66/h2-8,14,16H,9-13H2,1H3/b8-5+. The Morgan fingerprint density at radius 1 is 0.382 bits per heavy atom. The molecule has 0 heterocycles. The largest absolute Gasteiger partial charge is 0.460 e. The number of benzene rings is 1. The van der Waals surface area contributed by atoms with Crippen LogP contribution in [0.2, 0.25) is 0 Å². The van der Waals surface area contributed by atoms with Crippen LogP contribution in [0, 0.1) is 0 Å². The van der Waals surface area contributed by atoms with E-state index in [4.69, 9.17) is 4.74 Å². The van der Waals surface area contributed by atoms with E-state index in [1.807, 2.05) is 0 Å². The molecule has 1 rings (SSSR count). The minimum absolute atomic E-state index is 0.296. The molecule has 2 nitrogen and oxygen atoms in total.